The molecular formula is C16H30N2O. The summed E-state index contributed by atoms with van der Waals surface area (Å²) in [6, 6.07) is 0.690. The number of hydrogen-bond donors (Lipinski definition) is 1. The minimum Gasteiger partial charge on any atom is -0.381 e. The van der Waals surface area contributed by atoms with E-state index in [9.17, 15) is 0 Å². The molecule has 0 spiro atoms. The van der Waals surface area contributed by atoms with Gasteiger partial charge in [0.05, 0.1) is 0 Å². The van der Waals surface area contributed by atoms with Gasteiger partial charge in [-0.05, 0) is 57.4 Å². The van der Waals surface area contributed by atoms with Crippen molar-refractivity contribution in [2.45, 2.75) is 62.9 Å². The van der Waals surface area contributed by atoms with Gasteiger partial charge in [-0.2, -0.15) is 0 Å². The molecule has 2 N–H and O–H groups in total. The second-order valence-corrected chi connectivity index (χ2v) is 7.08. The van der Waals surface area contributed by atoms with E-state index < -0.39 is 0 Å². The third kappa shape index (κ3) is 2.84. The maximum atomic E-state index is 6.26. The van der Waals surface area contributed by atoms with Gasteiger partial charge in [-0.15, -0.1) is 0 Å². The fourth-order valence-corrected chi connectivity index (χ4v) is 4.46. The Morgan fingerprint density at radius 3 is 2.47 bits per heavy atom. The predicted molar refractivity (Wildman–Crippen MR) is 78.1 cm³/mol. The predicted octanol–water partition coefficient (Wildman–Crippen LogP) is 2.39. The van der Waals surface area contributed by atoms with E-state index in [4.69, 9.17) is 10.5 Å². The maximum absolute atomic E-state index is 6.26. The Bertz CT molecular complexity index is 299. The molecule has 3 aliphatic rings. The van der Waals surface area contributed by atoms with Crippen molar-refractivity contribution < 1.29 is 4.74 Å². The molecule has 0 aromatic rings. The van der Waals surface area contributed by atoms with Crippen molar-refractivity contribution in [3.63, 3.8) is 0 Å². The highest BCUT2D eigenvalue weighted by atomic mass is 16.5. The molecule has 2 unspecified atom stereocenters. The summed E-state index contributed by atoms with van der Waals surface area (Å²) in [4.78, 5) is 2.66. The van der Waals surface area contributed by atoms with Crippen molar-refractivity contribution in [1.82, 2.24) is 4.90 Å². The second kappa shape index (κ2) is 5.71. The van der Waals surface area contributed by atoms with Crippen LogP contribution in [0, 0.1) is 11.8 Å². The van der Waals surface area contributed by atoms with Gasteiger partial charge >= 0.3 is 0 Å². The van der Waals surface area contributed by atoms with Gasteiger partial charge in [-0.25, -0.2) is 0 Å². The largest absolute Gasteiger partial charge is 0.381 e. The molecule has 0 bridgehead atoms. The molecule has 3 rings (SSSR count). The molecule has 2 atom stereocenters. The molecule has 110 valence electrons. The van der Waals surface area contributed by atoms with E-state index in [1.54, 1.807) is 0 Å². The van der Waals surface area contributed by atoms with Crippen LogP contribution in [-0.2, 0) is 4.74 Å². The third-order valence-electron chi connectivity index (χ3n) is 6.01. The van der Waals surface area contributed by atoms with Crippen LogP contribution in [0.5, 0.6) is 0 Å². The zero-order valence-electron chi connectivity index (χ0n) is 12.4. The molecule has 0 aromatic heterocycles. The molecule has 3 fully saturated rings. The Hall–Kier alpha value is -0.120. The van der Waals surface area contributed by atoms with E-state index in [2.05, 4.69) is 11.9 Å². The fourth-order valence-electron chi connectivity index (χ4n) is 4.46. The lowest BCUT2D eigenvalue weighted by Crippen LogP contribution is -2.59. The molecule has 2 saturated carbocycles. The van der Waals surface area contributed by atoms with Crippen LogP contribution in [0.4, 0.5) is 0 Å². The Labute approximate surface area is 117 Å². The van der Waals surface area contributed by atoms with Crippen LogP contribution >= 0.6 is 0 Å². The van der Waals surface area contributed by atoms with Crippen LogP contribution in [0.25, 0.3) is 0 Å². The smallest absolute Gasteiger partial charge is 0.0480 e. The minimum absolute atomic E-state index is 0.285. The number of ether oxygens (including phenoxy) is 1. The average molecular weight is 266 g/mol. The van der Waals surface area contributed by atoms with E-state index in [1.165, 1.54) is 51.4 Å². The van der Waals surface area contributed by atoms with Crippen LogP contribution < -0.4 is 5.73 Å². The summed E-state index contributed by atoms with van der Waals surface area (Å²) in [6.07, 6.45) is 10.8. The number of nitrogens with two attached hydrogens (primary N) is 1. The van der Waals surface area contributed by atoms with Gasteiger partial charge in [-0.3, -0.25) is 4.90 Å². The highest BCUT2D eigenvalue weighted by Gasteiger charge is 2.45. The molecule has 3 nitrogen and oxygen atoms in total. The molecule has 1 saturated heterocycles. The molecule has 1 heterocycles. The highest BCUT2D eigenvalue weighted by Crippen LogP contribution is 2.48. The van der Waals surface area contributed by atoms with Gasteiger partial charge in [0.15, 0.2) is 0 Å². The number of hydrogen-bond acceptors (Lipinski definition) is 3. The summed E-state index contributed by atoms with van der Waals surface area (Å²) >= 11 is 0. The van der Waals surface area contributed by atoms with E-state index in [1.807, 2.05) is 0 Å². The lowest BCUT2D eigenvalue weighted by molar-refractivity contribution is -0.0268. The number of nitrogens with zero attached hydrogens (tertiary/aromatic N) is 1. The Kier molecular flexibility index (Phi) is 4.16. The van der Waals surface area contributed by atoms with Crippen molar-refractivity contribution in [2.75, 3.05) is 26.8 Å². The Balaban J connectivity index is 1.69. The molecule has 3 heteroatoms. The van der Waals surface area contributed by atoms with E-state index in [0.29, 0.717) is 6.04 Å². The van der Waals surface area contributed by atoms with E-state index >= 15 is 0 Å². The van der Waals surface area contributed by atoms with Gasteiger partial charge in [0.2, 0.25) is 0 Å². The molecule has 19 heavy (non-hydrogen) atoms. The summed E-state index contributed by atoms with van der Waals surface area (Å²) in [5, 5.41) is 0. The molecule has 0 radical (unpaired) electrons. The van der Waals surface area contributed by atoms with Crippen molar-refractivity contribution in [3.05, 3.63) is 0 Å². The molecule has 2 aliphatic carbocycles. The molecular weight excluding hydrogens is 236 g/mol. The second-order valence-electron chi connectivity index (χ2n) is 7.08. The van der Waals surface area contributed by atoms with Crippen LogP contribution in [0.15, 0.2) is 0 Å². The standard InChI is InChI=1S/C16H30N2O/c1-18(15-6-9-19-10-7-15)16(12-17)8-2-3-14(11-16)13-4-5-13/h13-15H,2-12,17H2,1H3. The monoisotopic (exact) mass is 266 g/mol. The summed E-state index contributed by atoms with van der Waals surface area (Å²) in [5.41, 5.74) is 6.54. The lowest BCUT2D eigenvalue weighted by atomic mass is 9.72. The molecule has 1 aliphatic heterocycles. The minimum atomic E-state index is 0.285. The fraction of sp³-hybridized carbons (Fsp3) is 1.00. The topological polar surface area (TPSA) is 38.5 Å². The first-order chi connectivity index (χ1) is 9.25. The van der Waals surface area contributed by atoms with Gasteiger partial charge in [-0.1, -0.05) is 12.8 Å². The van der Waals surface area contributed by atoms with Crippen molar-refractivity contribution in [3.8, 4) is 0 Å². The third-order valence-corrected chi connectivity index (χ3v) is 6.01. The Morgan fingerprint density at radius 1 is 1.11 bits per heavy atom. The average Bonchev–Trinajstić information content (AvgIpc) is 3.32. The number of rotatable bonds is 4. The molecule has 0 aromatic carbocycles. The van der Waals surface area contributed by atoms with Crippen molar-refractivity contribution in [2.24, 2.45) is 17.6 Å². The normalized spacial score (nSPS) is 37.7. The number of likely N-dealkylation sites (N-methyl/N-ethyl adjacent to an activating group) is 1. The Morgan fingerprint density at radius 2 is 1.84 bits per heavy atom. The first kappa shape index (κ1) is 13.8. The zero-order chi connectivity index (χ0) is 13.3. The molecule has 0 amide bonds. The summed E-state index contributed by atoms with van der Waals surface area (Å²) in [6.45, 7) is 2.70. The quantitative estimate of drug-likeness (QED) is 0.849. The summed E-state index contributed by atoms with van der Waals surface area (Å²) < 4.78 is 5.52. The lowest BCUT2D eigenvalue weighted by Gasteiger charge is -2.50. The van der Waals surface area contributed by atoms with Gasteiger partial charge < -0.3 is 10.5 Å². The SMILES string of the molecule is CN(C1CCOCC1)C1(CN)CCCC(C2CC2)C1. The van der Waals surface area contributed by atoms with Gasteiger partial charge in [0.25, 0.3) is 0 Å². The summed E-state index contributed by atoms with van der Waals surface area (Å²) in [7, 11) is 2.33. The van der Waals surface area contributed by atoms with Crippen LogP contribution in [0.1, 0.15) is 51.4 Å². The van der Waals surface area contributed by atoms with E-state index in [0.717, 1.165) is 31.6 Å². The van der Waals surface area contributed by atoms with Gasteiger partial charge in [0.1, 0.15) is 0 Å². The highest BCUT2D eigenvalue weighted by molar-refractivity contribution is 5.00. The first-order valence-corrected chi connectivity index (χ1v) is 8.26. The van der Waals surface area contributed by atoms with E-state index in [-0.39, 0.29) is 5.54 Å². The van der Waals surface area contributed by atoms with Gasteiger partial charge in [0, 0.05) is 31.3 Å². The summed E-state index contributed by atoms with van der Waals surface area (Å²) in [5.74, 6) is 1.99. The van der Waals surface area contributed by atoms with Crippen molar-refractivity contribution in [1.29, 1.82) is 0 Å². The van der Waals surface area contributed by atoms with Crippen molar-refractivity contribution >= 4 is 0 Å². The van der Waals surface area contributed by atoms with Crippen LogP contribution in [0.3, 0.4) is 0 Å². The first-order valence-electron chi connectivity index (χ1n) is 8.26. The van der Waals surface area contributed by atoms with Crippen LogP contribution in [0.2, 0.25) is 0 Å². The maximum Gasteiger partial charge on any atom is 0.0480 e. The van der Waals surface area contributed by atoms with Crippen LogP contribution in [-0.4, -0.2) is 43.3 Å². The zero-order valence-corrected chi connectivity index (χ0v) is 12.4.